The zero-order chi connectivity index (χ0) is 21.2. The number of anilines is 1. The molecule has 160 valence electrons. The van der Waals surface area contributed by atoms with E-state index in [0.29, 0.717) is 23.3 Å². The highest BCUT2D eigenvalue weighted by molar-refractivity contribution is 7.16. The number of benzene rings is 1. The van der Waals surface area contributed by atoms with Crippen molar-refractivity contribution in [2.75, 3.05) is 31.6 Å². The van der Waals surface area contributed by atoms with Crippen LogP contribution >= 0.6 is 22.9 Å². The molecule has 0 bridgehead atoms. The van der Waals surface area contributed by atoms with Gasteiger partial charge in [0.2, 0.25) is 5.88 Å². The van der Waals surface area contributed by atoms with Gasteiger partial charge in [0.05, 0.1) is 27.7 Å². The van der Waals surface area contributed by atoms with E-state index < -0.39 is 0 Å². The van der Waals surface area contributed by atoms with Gasteiger partial charge in [-0.2, -0.15) is 0 Å². The van der Waals surface area contributed by atoms with Crippen molar-refractivity contribution in [1.82, 2.24) is 24.8 Å². The number of nitrogens with zero attached hydrogens (tertiary/aromatic N) is 5. The van der Waals surface area contributed by atoms with Crippen LogP contribution < -0.4 is 10.1 Å². The fraction of sp³-hybridized carbons (Fsp3) is 0.364. The minimum absolute atomic E-state index is 0.107. The van der Waals surface area contributed by atoms with Crippen molar-refractivity contribution >= 4 is 49.9 Å². The first-order valence-electron chi connectivity index (χ1n) is 10.4. The SMILES string of the molecule is CC(Nc1ncnc2scnc12)c1cc2cccc(Cl)c2c(OCCN2CCCC2)n1. The molecule has 1 saturated heterocycles. The van der Waals surface area contributed by atoms with Crippen molar-refractivity contribution in [2.24, 2.45) is 0 Å². The Morgan fingerprint density at radius 2 is 2.10 bits per heavy atom. The Labute approximate surface area is 189 Å². The van der Waals surface area contributed by atoms with E-state index in [1.165, 1.54) is 24.2 Å². The van der Waals surface area contributed by atoms with Gasteiger partial charge in [0.15, 0.2) is 5.82 Å². The molecule has 0 radical (unpaired) electrons. The molecule has 7 nitrogen and oxygen atoms in total. The Hall–Kier alpha value is -2.55. The number of rotatable bonds is 7. The van der Waals surface area contributed by atoms with Crippen molar-refractivity contribution in [3.8, 4) is 5.88 Å². The van der Waals surface area contributed by atoms with Crippen LogP contribution in [0.3, 0.4) is 0 Å². The van der Waals surface area contributed by atoms with Gasteiger partial charge in [0, 0.05) is 6.54 Å². The summed E-state index contributed by atoms with van der Waals surface area (Å²) in [5.74, 6) is 1.27. The zero-order valence-electron chi connectivity index (χ0n) is 17.2. The topological polar surface area (TPSA) is 76.1 Å². The van der Waals surface area contributed by atoms with E-state index in [1.54, 1.807) is 11.8 Å². The molecular weight excluding hydrogens is 432 g/mol. The summed E-state index contributed by atoms with van der Waals surface area (Å²) in [5.41, 5.74) is 3.40. The summed E-state index contributed by atoms with van der Waals surface area (Å²) in [7, 11) is 0. The highest BCUT2D eigenvalue weighted by atomic mass is 35.5. The number of aromatic nitrogens is 4. The molecule has 1 aromatic carbocycles. The lowest BCUT2D eigenvalue weighted by Gasteiger charge is -2.19. The molecule has 0 aliphatic carbocycles. The third-order valence-corrected chi connectivity index (χ3v) is 6.62. The second kappa shape index (κ2) is 8.90. The maximum atomic E-state index is 6.51. The molecule has 1 aliphatic rings. The number of hydrogen-bond acceptors (Lipinski definition) is 8. The Morgan fingerprint density at radius 3 is 2.97 bits per heavy atom. The number of nitrogens with one attached hydrogen (secondary N) is 1. The van der Waals surface area contributed by atoms with Crippen LogP contribution in [0.1, 0.15) is 31.5 Å². The van der Waals surface area contributed by atoms with Crippen LogP contribution in [0.15, 0.2) is 36.1 Å². The van der Waals surface area contributed by atoms with Crippen LogP contribution in [-0.4, -0.2) is 51.1 Å². The van der Waals surface area contributed by atoms with Crippen LogP contribution in [-0.2, 0) is 0 Å². The first-order chi connectivity index (χ1) is 15.2. The third kappa shape index (κ3) is 4.28. The monoisotopic (exact) mass is 454 g/mol. The maximum absolute atomic E-state index is 6.51. The van der Waals surface area contributed by atoms with Gasteiger partial charge in [-0.25, -0.2) is 19.9 Å². The van der Waals surface area contributed by atoms with Gasteiger partial charge in [0.1, 0.15) is 23.3 Å². The Balaban J connectivity index is 1.43. The number of pyridine rings is 1. The lowest BCUT2D eigenvalue weighted by molar-refractivity contribution is 0.233. The number of halogens is 1. The molecule has 1 atom stereocenters. The van der Waals surface area contributed by atoms with E-state index in [2.05, 4.69) is 25.2 Å². The minimum atomic E-state index is -0.107. The molecule has 1 aliphatic heterocycles. The van der Waals surface area contributed by atoms with Gasteiger partial charge < -0.3 is 10.1 Å². The first-order valence-corrected chi connectivity index (χ1v) is 11.7. The smallest absolute Gasteiger partial charge is 0.223 e. The molecule has 0 saturated carbocycles. The van der Waals surface area contributed by atoms with Crippen LogP contribution in [0.2, 0.25) is 5.02 Å². The van der Waals surface area contributed by atoms with Gasteiger partial charge in [-0.1, -0.05) is 23.7 Å². The summed E-state index contributed by atoms with van der Waals surface area (Å²) in [5, 5.41) is 5.93. The Morgan fingerprint density at radius 1 is 1.23 bits per heavy atom. The Kier molecular flexibility index (Phi) is 5.85. The molecule has 4 heterocycles. The van der Waals surface area contributed by atoms with Crippen LogP contribution in [0.4, 0.5) is 5.82 Å². The highest BCUT2D eigenvalue weighted by Gasteiger charge is 2.17. The average molecular weight is 455 g/mol. The van der Waals surface area contributed by atoms with E-state index in [1.807, 2.05) is 31.2 Å². The van der Waals surface area contributed by atoms with E-state index >= 15 is 0 Å². The van der Waals surface area contributed by atoms with Gasteiger partial charge in [-0.3, -0.25) is 4.90 Å². The normalized spacial score (nSPS) is 15.5. The van der Waals surface area contributed by atoms with Crippen molar-refractivity contribution < 1.29 is 4.74 Å². The molecule has 0 amide bonds. The molecule has 1 unspecified atom stereocenters. The maximum Gasteiger partial charge on any atom is 0.223 e. The van der Waals surface area contributed by atoms with Crippen LogP contribution in [0.5, 0.6) is 5.88 Å². The second-order valence-corrected chi connectivity index (χ2v) is 8.92. The fourth-order valence-electron chi connectivity index (χ4n) is 3.93. The van der Waals surface area contributed by atoms with Gasteiger partial charge >= 0.3 is 0 Å². The predicted molar refractivity (Wildman–Crippen MR) is 125 cm³/mol. The third-order valence-electron chi connectivity index (χ3n) is 5.57. The first kappa shape index (κ1) is 20.4. The van der Waals surface area contributed by atoms with Gasteiger partial charge in [-0.05, 0) is 50.4 Å². The van der Waals surface area contributed by atoms with E-state index in [-0.39, 0.29) is 6.04 Å². The molecule has 31 heavy (non-hydrogen) atoms. The molecule has 3 aromatic heterocycles. The number of ether oxygens (including phenoxy) is 1. The molecular formula is C22H23ClN6OS. The zero-order valence-corrected chi connectivity index (χ0v) is 18.8. The number of likely N-dealkylation sites (tertiary alicyclic amines) is 1. The van der Waals surface area contributed by atoms with E-state index in [0.717, 1.165) is 46.4 Å². The predicted octanol–water partition coefficient (Wildman–Crippen LogP) is 4.94. The van der Waals surface area contributed by atoms with Crippen molar-refractivity contribution in [3.05, 3.63) is 46.8 Å². The average Bonchev–Trinajstić information content (AvgIpc) is 3.46. The van der Waals surface area contributed by atoms with Crippen molar-refractivity contribution in [2.45, 2.75) is 25.8 Å². The standard InChI is InChI=1S/C22H23ClN6OS/c1-14(27-20-19-22(25-12-24-20)31-13-26-19)17-11-15-5-4-6-16(23)18(15)21(28-17)30-10-9-29-7-2-3-8-29/h4-6,11-14H,2-3,7-10H2,1H3,(H,24,25,27). The number of fused-ring (bicyclic) bond motifs is 2. The largest absolute Gasteiger partial charge is 0.476 e. The minimum Gasteiger partial charge on any atom is -0.476 e. The molecule has 5 rings (SSSR count). The summed E-state index contributed by atoms with van der Waals surface area (Å²) in [6.45, 7) is 5.82. The lowest BCUT2D eigenvalue weighted by atomic mass is 10.1. The van der Waals surface area contributed by atoms with Gasteiger partial charge in [0.25, 0.3) is 0 Å². The summed E-state index contributed by atoms with van der Waals surface area (Å²) in [6.07, 6.45) is 4.08. The highest BCUT2D eigenvalue weighted by Crippen LogP contribution is 2.34. The number of thiazole rings is 1. The summed E-state index contributed by atoms with van der Waals surface area (Å²) >= 11 is 8.01. The van der Waals surface area contributed by atoms with Crippen LogP contribution in [0, 0.1) is 0 Å². The molecule has 1 N–H and O–H groups in total. The molecule has 4 aromatic rings. The Bertz CT molecular complexity index is 1210. The quantitative estimate of drug-likeness (QED) is 0.424. The lowest BCUT2D eigenvalue weighted by Crippen LogP contribution is -2.25. The van der Waals surface area contributed by atoms with Crippen LogP contribution in [0.25, 0.3) is 21.1 Å². The fourth-order valence-corrected chi connectivity index (χ4v) is 4.82. The number of hydrogen-bond donors (Lipinski definition) is 1. The van der Waals surface area contributed by atoms with Crippen molar-refractivity contribution in [1.29, 1.82) is 0 Å². The molecule has 1 fully saturated rings. The summed E-state index contributed by atoms with van der Waals surface area (Å²) in [4.78, 5) is 21.1. The summed E-state index contributed by atoms with van der Waals surface area (Å²) in [6, 6.07) is 7.80. The van der Waals surface area contributed by atoms with E-state index in [9.17, 15) is 0 Å². The van der Waals surface area contributed by atoms with Crippen molar-refractivity contribution in [3.63, 3.8) is 0 Å². The second-order valence-electron chi connectivity index (χ2n) is 7.68. The molecule has 0 spiro atoms. The van der Waals surface area contributed by atoms with Gasteiger partial charge in [-0.15, -0.1) is 11.3 Å². The summed E-state index contributed by atoms with van der Waals surface area (Å²) < 4.78 is 6.16. The molecule has 9 heteroatoms. The van der Waals surface area contributed by atoms with E-state index in [4.69, 9.17) is 21.3 Å².